The van der Waals surface area contributed by atoms with Crippen molar-refractivity contribution in [2.45, 2.75) is 77.0 Å². The molecule has 3 aromatic heterocycles. The summed E-state index contributed by atoms with van der Waals surface area (Å²) in [7, 11) is 0. The lowest BCUT2D eigenvalue weighted by Gasteiger charge is -2.42. The van der Waals surface area contributed by atoms with Gasteiger partial charge in [-0.05, 0) is 183 Å². The Balaban J connectivity index is 1.01. The first-order chi connectivity index (χ1) is 33.9. The van der Waals surface area contributed by atoms with Crippen LogP contribution in [0.25, 0.3) is 83.7 Å². The number of nitrogens with one attached hydrogen (secondary N) is 2. The second-order valence-corrected chi connectivity index (χ2v) is 20.9. The van der Waals surface area contributed by atoms with Crippen LogP contribution in [0.15, 0.2) is 175 Å². The van der Waals surface area contributed by atoms with Crippen molar-refractivity contribution in [2.24, 2.45) is 11.8 Å². The largest absolute Gasteiger partial charge is 0.386 e. The van der Waals surface area contributed by atoms with Gasteiger partial charge in [0, 0.05) is 46.4 Å². The topological polar surface area (TPSA) is 37.7 Å². The Hall–Kier alpha value is -7.30. The SMILES string of the molecule is CC1c2cc3c4c(n(-c5ccc[nH]5)c3c3c2-c2c(cc5c6cc(-c7cccc(-c8ccccc8)c7)ccc6n(C6=CNCC=C6)c5c2C(C)C3C)C1C)CCC(C1=CC=CC(C2C=CC=CC2)C1)=C4. The van der Waals surface area contributed by atoms with E-state index in [-0.39, 0.29) is 11.8 Å². The van der Waals surface area contributed by atoms with Crippen LogP contribution in [0.5, 0.6) is 0 Å². The van der Waals surface area contributed by atoms with E-state index in [1.54, 1.807) is 0 Å². The van der Waals surface area contributed by atoms with Crippen LogP contribution in [-0.4, -0.2) is 20.7 Å². The monoisotopic (exact) mass is 894 g/mol. The number of H-pyrrole nitrogens is 1. The van der Waals surface area contributed by atoms with Gasteiger partial charge >= 0.3 is 0 Å². The molecule has 6 aliphatic rings. The molecule has 5 aromatic carbocycles. The molecule has 4 nitrogen and oxygen atoms in total. The summed E-state index contributed by atoms with van der Waals surface area (Å²) < 4.78 is 5.24. The van der Waals surface area contributed by atoms with Crippen LogP contribution in [0.4, 0.5) is 0 Å². The van der Waals surface area contributed by atoms with Gasteiger partial charge in [-0.2, -0.15) is 0 Å². The lowest BCUT2D eigenvalue weighted by atomic mass is 9.62. The van der Waals surface area contributed by atoms with Crippen molar-refractivity contribution in [3.8, 4) is 39.2 Å². The van der Waals surface area contributed by atoms with Gasteiger partial charge < -0.3 is 14.9 Å². The molecule has 5 aliphatic carbocycles. The van der Waals surface area contributed by atoms with Crippen LogP contribution >= 0.6 is 0 Å². The number of aromatic amines is 1. The van der Waals surface area contributed by atoms with Crippen LogP contribution in [0, 0.1) is 11.8 Å². The normalized spacial score (nSPS) is 23.2. The van der Waals surface area contributed by atoms with Gasteiger partial charge in [-0.15, -0.1) is 0 Å². The van der Waals surface area contributed by atoms with Crippen molar-refractivity contribution >= 4 is 44.5 Å². The zero-order valence-electron chi connectivity index (χ0n) is 40.1. The highest BCUT2D eigenvalue weighted by Crippen LogP contribution is 2.62. The summed E-state index contributed by atoms with van der Waals surface area (Å²) in [5.74, 6) is 3.49. The number of rotatable bonds is 6. The number of allylic oxidation sites excluding steroid dienone is 11. The van der Waals surface area contributed by atoms with Gasteiger partial charge in [0.15, 0.2) is 0 Å². The van der Waals surface area contributed by atoms with Gasteiger partial charge in [0.2, 0.25) is 0 Å². The van der Waals surface area contributed by atoms with Gasteiger partial charge in [0.1, 0.15) is 5.82 Å². The fraction of sp³-hybridized carbons (Fsp3) is 0.231. The highest BCUT2D eigenvalue weighted by Gasteiger charge is 2.43. The molecule has 4 heteroatoms. The molecule has 1 aliphatic heterocycles. The molecule has 0 fully saturated rings. The average Bonchev–Trinajstić information content (AvgIpc) is 4.14. The lowest BCUT2D eigenvalue weighted by molar-refractivity contribution is 0.469. The minimum Gasteiger partial charge on any atom is -0.386 e. The fourth-order valence-electron chi connectivity index (χ4n) is 13.6. The molecular formula is C65H58N4. The summed E-state index contributed by atoms with van der Waals surface area (Å²) in [6.07, 6.45) is 32.3. The molecule has 2 N–H and O–H groups in total. The van der Waals surface area contributed by atoms with Crippen LogP contribution in [0.1, 0.15) is 104 Å². The molecule has 338 valence electrons. The first-order valence-corrected chi connectivity index (χ1v) is 25.6. The molecule has 0 saturated heterocycles. The minimum atomic E-state index is 0.259. The number of fused-ring (bicyclic) bond motifs is 8. The van der Waals surface area contributed by atoms with Gasteiger partial charge in [-0.1, -0.05) is 131 Å². The maximum Gasteiger partial charge on any atom is 0.114 e. The van der Waals surface area contributed by atoms with E-state index in [2.05, 4.69) is 217 Å². The van der Waals surface area contributed by atoms with Crippen LogP contribution in [-0.2, 0) is 6.42 Å². The summed E-state index contributed by atoms with van der Waals surface area (Å²) in [4.78, 5) is 3.70. The quantitative estimate of drug-likeness (QED) is 0.171. The molecule has 0 saturated carbocycles. The third-order valence-corrected chi connectivity index (χ3v) is 17.4. The molecule has 0 radical (unpaired) electrons. The van der Waals surface area contributed by atoms with Crippen molar-refractivity contribution in [3.63, 3.8) is 0 Å². The van der Waals surface area contributed by atoms with Crippen molar-refractivity contribution in [1.82, 2.24) is 19.4 Å². The molecule has 0 amide bonds. The van der Waals surface area contributed by atoms with Crippen molar-refractivity contribution in [3.05, 3.63) is 209 Å². The lowest BCUT2D eigenvalue weighted by Crippen LogP contribution is -2.24. The second kappa shape index (κ2) is 15.6. The molecule has 0 spiro atoms. The van der Waals surface area contributed by atoms with Crippen LogP contribution in [0.3, 0.4) is 0 Å². The minimum absolute atomic E-state index is 0.259. The predicted octanol–water partition coefficient (Wildman–Crippen LogP) is 16.4. The molecular weight excluding hydrogens is 837 g/mol. The molecule has 4 heterocycles. The summed E-state index contributed by atoms with van der Waals surface area (Å²) in [6.45, 7) is 10.9. The van der Waals surface area contributed by atoms with Crippen molar-refractivity contribution < 1.29 is 0 Å². The number of aromatic nitrogens is 3. The molecule has 6 atom stereocenters. The Labute approximate surface area is 405 Å². The molecule has 6 unspecified atom stereocenters. The summed E-state index contributed by atoms with van der Waals surface area (Å²) in [5.41, 5.74) is 25.1. The zero-order chi connectivity index (χ0) is 46.1. The average molecular weight is 895 g/mol. The highest BCUT2D eigenvalue weighted by atomic mass is 15.1. The number of benzene rings is 5. The predicted molar refractivity (Wildman–Crippen MR) is 290 cm³/mol. The maximum atomic E-state index is 3.70. The van der Waals surface area contributed by atoms with E-state index in [0.29, 0.717) is 23.7 Å². The standard InChI is InChI=1S/C65H58N4/c1-38-39(2)52-36-56-54-34-49(47-22-12-20-45(32-47)43-17-9-6-10-18-43)26-28-58(54)69(59-24-14-30-67-59)65(56)61-41(4)40(3)60-62(63(52)61)51(38)35-55-53-33-48(46-21-11-19-44(31-46)42-15-7-5-8-16-42)25-27-57(53)68(64(55)60)50-23-13-29-66-37-50/h5-17,19-25,27,30-31,33-41,43,45,66-67H,18,26,28-29,32H2,1-4H3. The van der Waals surface area contributed by atoms with Gasteiger partial charge in [0.25, 0.3) is 0 Å². The van der Waals surface area contributed by atoms with Crippen molar-refractivity contribution in [2.75, 3.05) is 6.54 Å². The third-order valence-electron chi connectivity index (χ3n) is 17.4. The number of dihydropyridines is 1. The van der Waals surface area contributed by atoms with E-state index in [9.17, 15) is 0 Å². The van der Waals surface area contributed by atoms with Gasteiger partial charge in [0.05, 0.1) is 22.2 Å². The number of hydrogen-bond acceptors (Lipinski definition) is 1. The summed E-state index contributed by atoms with van der Waals surface area (Å²) >= 11 is 0. The van der Waals surface area contributed by atoms with E-state index in [4.69, 9.17) is 0 Å². The molecule has 14 rings (SSSR count). The Morgan fingerprint density at radius 1 is 0.580 bits per heavy atom. The fourth-order valence-corrected chi connectivity index (χ4v) is 13.6. The highest BCUT2D eigenvalue weighted by molar-refractivity contribution is 6.16. The second-order valence-electron chi connectivity index (χ2n) is 20.9. The third kappa shape index (κ3) is 6.07. The van der Waals surface area contributed by atoms with E-state index in [0.717, 1.165) is 32.2 Å². The molecule has 8 aromatic rings. The Bertz CT molecular complexity index is 3680. The van der Waals surface area contributed by atoms with Crippen molar-refractivity contribution in [1.29, 1.82) is 0 Å². The van der Waals surface area contributed by atoms with E-state index < -0.39 is 0 Å². The number of nitrogens with zero attached hydrogens (tertiary/aromatic N) is 2. The smallest absolute Gasteiger partial charge is 0.114 e. The van der Waals surface area contributed by atoms with Crippen LogP contribution < -0.4 is 5.32 Å². The summed E-state index contributed by atoms with van der Waals surface area (Å²) in [6, 6.07) is 36.8. The van der Waals surface area contributed by atoms with E-state index >= 15 is 0 Å². The van der Waals surface area contributed by atoms with Gasteiger partial charge in [-0.25, -0.2) is 0 Å². The zero-order valence-corrected chi connectivity index (χ0v) is 40.1. The Kier molecular flexibility index (Phi) is 9.22. The first-order valence-electron chi connectivity index (χ1n) is 25.6. The van der Waals surface area contributed by atoms with E-state index in [1.165, 1.54) is 122 Å². The van der Waals surface area contributed by atoms with E-state index in [1.807, 2.05) is 0 Å². The number of hydrogen-bond donors (Lipinski definition) is 2. The molecule has 69 heavy (non-hydrogen) atoms. The van der Waals surface area contributed by atoms with Gasteiger partial charge in [-0.3, -0.25) is 4.57 Å². The summed E-state index contributed by atoms with van der Waals surface area (Å²) in [5, 5.41) is 7.68. The Morgan fingerprint density at radius 3 is 2.06 bits per heavy atom. The first kappa shape index (κ1) is 40.7. The Morgan fingerprint density at radius 2 is 1.32 bits per heavy atom. The van der Waals surface area contributed by atoms with Crippen LogP contribution in [0.2, 0.25) is 0 Å². The molecule has 0 bridgehead atoms. The maximum absolute atomic E-state index is 3.70.